The predicted octanol–water partition coefficient (Wildman–Crippen LogP) is 2.83. The van der Waals surface area contributed by atoms with Gasteiger partial charge in [-0.05, 0) is 42.8 Å². The molecule has 1 amide bonds. The molecule has 9 heteroatoms. The van der Waals surface area contributed by atoms with E-state index < -0.39 is 29.8 Å². The van der Waals surface area contributed by atoms with Crippen molar-refractivity contribution in [2.45, 2.75) is 25.2 Å². The molecule has 0 saturated carbocycles. The molecule has 0 aliphatic rings. The molecule has 28 heavy (non-hydrogen) atoms. The number of aliphatic hydroxyl groups excluding tert-OH is 1. The van der Waals surface area contributed by atoms with E-state index in [1.54, 1.807) is 12.1 Å². The highest BCUT2D eigenvalue weighted by atomic mass is 19.4. The molecule has 0 aliphatic heterocycles. The second-order valence-corrected chi connectivity index (χ2v) is 6.36. The maximum atomic E-state index is 13.2. The van der Waals surface area contributed by atoms with Crippen LogP contribution in [0.5, 0.6) is 17.2 Å². The summed E-state index contributed by atoms with van der Waals surface area (Å²) >= 11 is 0. The number of hydrogen-bond donors (Lipinski definition) is 3. The Morgan fingerprint density at radius 1 is 1.14 bits per heavy atom. The smallest absolute Gasteiger partial charge is 0.420 e. The molecular weight excluding hydrogens is 377 g/mol. The maximum Gasteiger partial charge on any atom is 0.420 e. The van der Waals surface area contributed by atoms with E-state index in [1.807, 2.05) is 0 Å². The number of carbonyl (C=O) groups is 1. The van der Waals surface area contributed by atoms with Gasteiger partial charge in [-0.3, -0.25) is 4.79 Å². The van der Waals surface area contributed by atoms with E-state index in [2.05, 4.69) is 5.32 Å². The molecule has 2 rings (SSSR count). The van der Waals surface area contributed by atoms with Crippen molar-refractivity contribution in [2.24, 2.45) is 5.73 Å². The van der Waals surface area contributed by atoms with Crippen molar-refractivity contribution in [1.82, 2.24) is 5.32 Å². The molecule has 1 atom stereocenters. The summed E-state index contributed by atoms with van der Waals surface area (Å²) in [5, 5.41) is 11.6. The van der Waals surface area contributed by atoms with Crippen molar-refractivity contribution in [2.75, 3.05) is 13.7 Å². The number of aliphatic hydroxyl groups is 1. The lowest BCUT2D eigenvalue weighted by atomic mass is 10.0. The van der Waals surface area contributed by atoms with Crippen LogP contribution in [0.4, 0.5) is 13.2 Å². The largest absolute Gasteiger partial charge is 0.497 e. The molecule has 0 unspecified atom stereocenters. The number of alkyl halides is 3. The molecule has 4 N–H and O–H groups in total. The van der Waals surface area contributed by atoms with Gasteiger partial charge in [-0.2, -0.15) is 13.2 Å². The van der Waals surface area contributed by atoms with Crippen LogP contribution in [-0.4, -0.2) is 30.3 Å². The standard InChI is InChI=1S/C19H21F3N2O4/c1-18(23,11-25)17(26)24-10-12-3-5-13(6-4-12)28-16-8-7-14(27-2)9-15(16)19(20,21)22/h3-9,25H,10-11,23H2,1-2H3,(H,24,26)/t18-/m0/s1. The lowest BCUT2D eigenvalue weighted by Gasteiger charge is -2.20. The molecule has 6 nitrogen and oxygen atoms in total. The summed E-state index contributed by atoms with van der Waals surface area (Å²) in [6, 6.07) is 9.59. The summed E-state index contributed by atoms with van der Waals surface area (Å²) in [4.78, 5) is 11.8. The summed E-state index contributed by atoms with van der Waals surface area (Å²) in [6.07, 6.45) is -4.60. The number of amides is 1. The number of rotatable bonds is 7. The van der Waals surface area contributed by atoms with Gasteiger partial charge in [-0.1, -0.05) is 12.1 Å². The van der Waals surface area contributed by atoms with Crippen LogP contribution in [0.1, 0.15) is 18.1 Å². The van der Waals surface area contributed by atoms with E-state index in [4.69, 9.17) is 20.3 Å². The van der Waals surface area contributed by atoms with Crippen molar-refractivity contribution in [3.63, 3.8) is 0 Å². The SMILES string of the molecule is COc1ccc(Oc2ccc(CNC(=O)[C@@](C)(N)CO)cc2)c(C(F)(F)F)c1. The minimum atomic E-state index is -4.60. The number of hydrogen-bond acceptors (Lipinski definition) is 5. The van der Waals surface area contributed by atoms with E-state index >= 15 is 0 Å². The van der Waals surface area contributed by atoms with Gasteiger partial charge in [-0.15, -0.1) is 0 Å². The van der Waals surface area contributed by atoms with Crippen LogP contribution >= 0.6 is 0 Å². The number of nitrogens with one attached hydrogen (secondary N) is 1. The van der Waals surface area contributed by atoms with E-state index in [1.165, 1.54) is 38.3 Å². The zero-order chi connectivity index (χ0) is 20.9. The highest BCUT2D eigenvalue weighted by Crippen LogP contribution is 2.40. The first-order valence-corrected chi connectivity index (χ1v) is 8.27. The topological polar surface area (TPSA) is 93.8 Å². The number of nitrogens with two attached hydrogens (primary N) is 1. The second kappa shape index (κ2) is 8.49. The Labute approximate surface area is 160 Å². The van der Waals surface area contributed by atoms with Gasteiger partial charge < -0.3 is 25.6 Å². The van der Waals surface area contributed by atoms with Gasteiger partial charge in [0.25, 0.3) is 0 Å². The van der Waals surface area contributed by atoms with Crippen LogP contribution in [0.2, 0.25) is 0 Å². The van der Waals surface area contributed by atoms with Crippen LogP contribution in [0.15, 0.2) is 42.5 Å². The van der Waals surface area contributed by atoms with E-state index in [0.29, 0.717) is 5.56 Å². The van der Waals surface area contributed by atoms with E-state index in [-0.39, 0.29) is 23.8 Å². The molecule has 0 bridgehead atoms. The average molecular weight is 398 g/mol. The Morgan fingerprint density at radius 2 is 1.75 bits per heavy atom. The van der Waals surface area contributed by atoms with Crippen LogP contribution in [0.25, 0.3) is 0 Å². The molecule has 2 aromatic rings. The van der Waals surface area contributed by atoms with E-state index in [9.17, 15) is 18.0 Å². The Bertz CT molecular complexity index is 821. The number of carbonyl (C=O) groups excluding carboxylic acids is 1. The van der Waals surface area contributed by atoms with Gasteiger partial charge in [0.1, 0.15) is 28.4 Å². The summed E-state index contributed by atoms with van der Waals surface area (Å²) in [6.45, 7) is 1.03. The highest BCUT2D eigenvalue weighted by molar-refractivity contribution is 5.85. The van der Waals surface area contributed by atoms with Gasteiger partial charge in [-0.25, -0.2) is 0 Å². The molecule has 0 aromatic heterocycles. The van der Waals surface area contributed by atoms with Crippen molar-refractivity contribution in [3.8, 4) is 17.2 Å². The van der Waals surface area contributed by atoms with Gasteiger partial charge in [0, 0.05) is 6.54 Å². The summed E-state index contributed by atoms with van der Waals surface area (Å²) in [5.74, 6) is -0.607. The number of halogens is 3. The number of ether oxygens (including phenoxy) is 2. The molecule has 0 aliphatic carbocycles. The molecule has 0 saturated heterocycles. The lowest BCUT2D eigenvalue weighted by molar-refractivity contribution is -0.138. The van der Waals surface area contributed by atoms with Crippen LogP contribution in [0, 0.1) is 0 Å². The Balaban J connectivity index is 2.10. The molecule has 2 aromatic carbocycles. The van der Waals surface area contributed by atoms with Crippen molar-refractivity contribution >= 4 is 5.91 Å². The van der Waals surface area contributed by atoms with Gasteiger partial charge in [0.15, 0.2) is 0 Å². The maximum absolute atomic E-state index is 13.2. The molecule has 0 radical (unpaired) electrons. The molecule has 0 fully saturated rings. The first kappa shape index (κ1) is 21.5. The summed E-state index contributed by atoms with van der Waals surface area (Å²) in [5.41, 5.74) is 3.95. The summed E-state index contributed by atoms with van der Waals surface area (Å²) < 4.78 is 49.9. The second-order valence-electron chi connectivity index (χ2n) is 6.36. The van der Waals surface area contributed by atoms with Crippen LogP contribution in [0.3, 0.4) is 0 Å². The van der Waals surface area contributed by atoms with Crippen molar-refractivity contribution in [1.29, 1.82) is 0 Å². The van der Waals surface area contributed by atoms with Crippen LogP contribution in [-0.2, 0) is 17.5 Å². The predicted molar refractivity (Wildman–Crippen MR) is 96.0 cm³/mol. The Morgan fingerprint density at radius 3 is 2.29 bits per heavy atom. The molecular formula is C19H21F3N2O4. The minimum absolute atomic E-state index is 0.0700. The zero-order valence-electron chi connectivity index (χ0n) is 15.3. The third kappa shape index (κ3) is 5.37. The minimum Gasteiger partial charge on any atom is -0.497 e. The average Bonchev–Trinajstić information content (AvgIpc) is 2.66. The fourth-order valence-electron chi connectivity index (χ4n) is 2.20. The first-order valence-electron chi connectivity index (χ1n) is 8.27. The normalized spacial score (nSPS) is 13.5. The fourth-order valence-corrected chi connectivity index (χ4v) is 2.20. The van der Waals surface area contributed by atoms with Gasteiger partial charge >= 0.3 is 6.18 Å². The van der Waals surface area contributed by atoms with Gasteiger partial charge in [0.05, 0.1) is 13.7 Å². The quantitative estimate of drug-likeness (QED) is 0.667. The molecule has 0 heterocycles. The first-order chi connectivity index (χ1) is 13.1. The number of methoxy groups -OCH3 is 1. The lowest BCUT2D eigenvalue weighted by Crippen LogP contribution is -2.54. The number of benzene rings is 2. The van der Waals surface area contributed by atoms with Crippen molar-refractivity contribution < 1.29 is 32.5 Å². The van der Waals surface area contributed by atoms with Crippen LogP contribution < -0.4 is 20.5 Å². The third-order valence-corrected chi connectivity index (χ3v) is 3.94. The monoisotopic (exact) mass is 398 g/mol. The Hall–Kier alpha value is -2.78. The van der Waals surface area contributed by atoms with E-state index in [0.717, 1.165) is 6.07 Å². The highest BCUT2D eigenvalue weighted by Gasteiger charge is 2.35. The Kier molecular flexibility index (Phi) is 6.52. The molecule has 152 valence electrons. The van der Waals surface area contributed by atoms with Gasteiger partial charge in [0.2, 0.25) is 5.91 Å². The summed E-state index contributed by atoms with van der Waals surface area (Å²) in [7, 11) is 1.28. The zero-order valence-corrected chi connectivity index (χ0v) is 15.3. The molecule has 0 spiro atoms. The fraction of sp³-hybridized carbons (Fsp3) is 0.316. The van der Waals surface area contributed by atoms with Crippen molar-refractivity contribution in [3.05, 3.63) is 53.6 Å². The third-order valence-electron chi connectivity index (χ3n) is 3.94.